The van der Waals surface area contributed by atoms with Crippen LogP contribution in [-0.2, 0) is 16.1 Å². The SMILES string of the molecule is CNC(=O)c1cc(NC(=O)C23CC4CC(C2)CC(C(F)(F)F)(C4)C3)c([C@@H](C)c2cc(F)ccc2Cl)n1CC(C)=O. The van der Waals surface area contributed by atoms with E-state index < -0.39 is 40.6 Å². The van der Waals surface area contributed by atoms with Crippen LogP contribution >= 0.6 is 11.6 Å². The molecule has 11 heteroatoms. The lowest BCUT2D eigenvalue weighted by atomic mass is 9.43. The number of aromatic nitrogens is 1. The maximum absolute atomic E-state index is 14.3. The molecule has 40 heavy (non-hydrogen) atoms. The molecular formula is C29H32ClF4N3O3. The van der Waals surface area contributed by atoms with Gasteiger partial charge < -0.3 is 15.2 Å². The maximum atomic E-state index is 14.3. The Morgan fingerprint density at radius 2 is 1.77 bits per heavy atom. The highest BCUT2D eigenvalue weighted by Crippen LogP contribution is 2.69. The largest absolute Gasteiger partial charge is 0.394 e. The van der Waals surface area contributed by atoms with Gasteiger partial charge >= 0.3 is 6.18 Å². The molecule has 3 atom stereocenters. The van der Waals surface area contributed by atoms with Gasteiger partial charge in [0.15, 0.2) is 0 Å². The highest BCUT2D eigenvalue weighted by Gasteiger charge is 2.69. The first-order chi connectivity index (χ1) is 18.7. The number of alkyl halides is 3. The summed E-state index contributed by atoms with van der Waals surface area (Å²) in [6, 6.07) is 5.27. The van der Waals surface area contributed by atoms with Gasteiger partial charge in [0.2, 0.25) is 5.91 Å². The first-order valence-corrected chi connectivity index (χ1v) is 13.8. The van der Waals surface area contributed by atoms with Crippen LogP contribution in [0.4, 0.5) is 23.2 Å². The van der Waals surface area contributed by atoms with Crippen molar-refractivity contribution >= 4 is 34.9 Å². The van der Waals surface area contributed by atoms with Gasteiger partial charge in [-0.2, -0.15) is 13.2 Å². The van der Waals surface area contributed by atoms with Crippen molar-refractivity contribution in [3.8, 4) is 0 Å². The zero-order chi connectivity index (χ0) is 29.2. The Balaban J connectivity index is 1.60. The predicted molar refractivity (Wildman–Crippen MR) is 142 cm³/mol. The number of carbonyl (C=O) groups excluding carboxylic acids is 3. The van der Waals surface area contributed by atoms with Crippen LogP contribution in [0.2, 0.25) is 5.02 Å². The van der Waals surface area contributed by atoms with Crippen molar-refractivity contribution < 1.29 is 31.9 Å². The zero-order valence-electron chi connectivity index (χ0n) is 22.6. The van der Waals surface area contributed by atoms with Crippen molar-refractivity contribution in [1.29, 1.82) is 0 Å². The summed E-state index contributed by atoms with van der Waals surface area (Å²) >= 11 is 6.41. The van der Waals surface area contributed by atoms with Gasteiger partial charge in [-0.05, 0) is 87.1 Å². The summed E-state index contributed by atoms with van der Waals surface area (Å²) < 4.78 is 58.7. The predicted octanol–water partition coefficient (Wildman–Crippen LogP) is 6.47. The minimum atomic E-state index is -4.40. The van der Waals surface area contributed by atoms with Crippen LogP contribution < -0.4 is 10.6 Å². The smallest absolute Gasteiger partial charge is 0.354 e. The van der Waals surface area contributed by atoms with E-state index in [4.69, 9.17) is 11.6 Å². The number of Topliss-reactive ketones (excluding diaryl/α,β-unsaturated/α-hetero) is 1. The molecular weight excluding hydrogens is 550 g/mol. The molecule has 0 aliphatic heterocycles. The number of ketones is 1. The second kappa shape index (κ2) is 9.89. The number of carbonyl (C=O) groups is 3. The molecule has 6 rings (SSSR count). The zero-order valence-corrected chi connectivity index (χ0v) is 23.3. The normalized spacial score (nSPS) is 27.9. The molecule has 216 valence electrons. The molecule has 4 aliphatic rings. The lowest BCUT2D eigenvalue weighted by molar-refractivity contribution is -0.283. The fraction of sp³-hybridized carbons (Fsp3) is 0.552. The van der Waals surface area contributed by atoms with Crippen LogP contribution in [0, 0.1) is 28.5 Å². The molecule has 0 spiro atoms. The molecule has 4 aliphatic carbocycles. The molecule has 6 nitrogen and oxygen atoms in total. The maximum Gasteiger partial charge on any atom is 0.394 e. The van der Waals surface area contributed by atoms with E-state index in [1.165, 1.54) is 42.8 Å². The van der Waals surface area contributed by atoms with E-state index in [2.05, 4.69) is 10.6 Å². The minimum absolute atomic E-state index is 0.0538. The molecule has 2 amide bonds. The van der Waals surface area contributed by atoms with E-state index >= 15 is 0 Å². The van der Waals surface area contributed by atoms with E-state index in [1.54, 1.807) is 6.92 Å². The fourth-order valence-electron chi connectivity index (χ4n) is 7.95. The van der Waals surface area contributed by atoms with E-state index in [0.29, 0.717) is 30.5 Å². The Morgan fingerprint density at radius 1 is 1.12 bits per heavy atom. The Morgan fingerprint density at radius 3 is 2.35 bits per heavy atom. The summed E-state index contributed by atoms with van der Waals surface area (Å²) in [6.45, 7) is 2.85. The summed E-state index contributed by atoms with van der Waals surface area (Å²) in [5, 5.41) is 5.65. The van der Waals surface area contributed by atoms with Gasteiger partial charge in [-0.15, -0.1) is 0 Å². The van der Waals surface area contributed by atoms with Crippen LogP contribution in [-0.4, -0.2) is 35.4 Å². The molecule has 4 saturated carbocycles. The van der Waals surface area contributed by atoms with Crippen LogP contribution in [0.25, 0.3) is 0 Å². The second-order valence-electron chi connectivity index (χ2n) is 12.1. The summed E-state index contributed by atoms with van der Waals surface area (Å²) in [5.74, 6) is -2.90. The molecule has 1 aromatic heterocycles. The van der Waals surface area contributed by atoms with Gasteiger partial charge in [0.25, 0.3) is 5.91 Å². The molecule has 0 radical (unpaired) electrons. The number of amides is 2. The van der Waals surface area contributed by atoms with E-state index in [0.717, 1.165) is 0 Å². The van der Waals surface area contributed by atoms with Crippen LogP contribution in [0.15, 0.2) is 24.3 Å². The second-order valence-corrected chi connectivity index (χ2v) is 12.5. The van der Waals surface area contributed by atoms with Gasteiger partial charge in [0, 0.05) is 23.7 Å². The number of halogens is 5. The number of anilines is 1. The van der Waals surface area contributed by atoms with Crippen LogP contribution in [0.3, 0.4) is 0 Å². The van der Waals surface area contributed by atoms with Crippen LogP contribution in [0.5, 0.6) is 0 Å². The number of nitrogens with zero attached hydrogens (tertiary/aromatic N) is 1. The lowest BCUT2D eigenvalue weighted by Crippen LogP contribution is -2.60. The molecule has 4 bridgehead atoms. The van der Waals surface area contributed by atoms with Crippen molar-refractivity contribution in [2.24, 2.45) is 22.7 Å². The first-order valence-electron chi connectivity index (χ1n) is 13.5. The Kier molecular flexibility index (Phi) is 7.08. The van der Waals surface area contributed by atoms with Gasteiger partial charge in [-0.25, -0.2) is 4.39 Å². The van der Waals surface area contributed by atoms with Crippen molar-refractivity contribution in [2.75, 3.05) is 12.4 Å². The number of rotatable bonds is 7. The molecule has 0 saturated heterocycles. The minimum Gasteiger partial charge on any atom is -0.354 e. The molecule has 1 aromatic carbocycles. The van der Waals surface area contributed by atoms with Crippen molar-refractivity contribution in [3.63, 3.8) is 0 Å². The monoisotopic (exact) mass is 581 g/mol. The Hall–Kier alpha value is -2.88. The third kappa shape index (κ3) is 4.72. The average Bonchev–Trinajstić information content (AvgIpc) is 3.19. The quantitative estimate of drug-likeness (QED) is 0.368. The fourth-order valence-corrected chi connectivity index (χ4v) is 8.23. The molecule has 2 unspecified atom stereocenters. The standard InChI is InChI=1S/C29H32ClF4N3O3/c1-15(38)13-37-23(25(39)35-3)8-22(24(37)16(2)20-7-19(31)4-5-21(20)30)36-26(40)27-9-17-6-18(10-27)12-28(11-17,14-27)29(32,33)34/h4-5,7-8,16-18H,6,9-14H2,1-3H3,(H,35,39)(H,36,40)/t16-,17?,18?,27?,28?/m0/s1. The van der Waals surface area contributed by atoms with Crippen LogP contribution in [0.1, 0.15) is 80.0 Å². The Labute approximate surface area is 234 Å². The van der Waals surface area contributed by atoms with Gasteiger partial charge in [0.05, 0.1) is 23.1 Å². The summed E-state index contributed by atoms with van der Waals surface area (Å²) in [5.41, 5.74) is -2.08. The van der Waals surface area contributed by atoms with Gasteiger partial charge in [-0.3, -0.25) is 14.4 Å². The topological polar surface area (TPSA) is 80.2 Å². The van der Waals surface area contributed by atoms with E-state index in [1.807, 2.05) is 0 Å². The molecule has 2 aromatic rings. The van der Waals surface area contributed by atoms with Gasteiger partial charge in [0.1, 0.15) is 17.3 Å². The number of hydrogen-bond donors (Lipinski definition) is 2. The summed E-state index contributed by atoms with van der Waals surface area (Å²) in [4.78, 5) is 39.1. The Bertz CT molecular complexity index is 1370. The van der Waals surface area contributed by atoms with E-state index in [9.17, 15) is 31.9 Å². The van der Waals surface area contributed by atoms with Crippen molar-refractivity contribution in [1.82, 2.24) is 9.88 Å². The summed E-state index contributed by atoms with van der Waals surface area (Å²) in [6.07, 6.45) is -3.10. The number of benzene rings is 1. The number of nitrogens with one attached hydrogen (secondary N) is 2. The third-order valence-electron chi connectivity index (χ3n) is 9.21. The van der Waals surface area contributed by atoms with E-state index in [-0.39, 0.29) is 59.8 Å². The highest BCUT2D eigenvalue weighted by atomic mass is 35.5. The van der Waals surface area contributed by atoms with Crippen molar-refractivity contribution in [3.05, 3.63) is 52.1 Å². The van der Waals surface area contributed by atoms with Crippen molar-refractivity contribution in [2.45, 2.75) is 71.0 Å². The highest BCUT2D eigenvalue weighted by molar-refractivity contribution is 6.31. The molecule has 4 fully saturated rings. The first kappa shape index (κ1) is 28.6. The number of hydrogen-bond acceptors (Lipinski definition) is 3. The summed E-state index contributed by atoms with van der Waals surface area (Å²) in [7, 11) is 1.42. The van der Waals surface area contributed by atoms with Gasteiger partial charge in [-0.1, -0.05) is 18.5 Å². The lowest BCUT2D eigenvalue weighted by Gasteiger charge is -2.61. The third-order valence-corrected chi connectivity index (χ3v) is 9.55. The molecule has 2 N–H and O–H groups in total. The molecule has 1 heterocycles. The average molecular weight is 582 g/mol.